The first kappa shape index (κ1) is 16.3. The van der Waals surface area contributed by atoms with Gasteiger partial charge in [-0.1, -0.05) is 25.4 Å². The maximum absolute atomic E-state index is 13.3. The van der Waals surface area contributed by atoms with E-state index < -0.39 is 5.82 Å². The van der Waals surface area contributed by atoms with E-state index in [1.165, 1.54) is 21.9 Å². The van der Waals surface area contributed by atoms with Crippen LogP contribution in [-0.2, 0) is 13.2 Å². The molecule has 0 radical (unpaired) electrons. The highest BCUT2D eigenvalue weighted by molar-refractivity contribution is 7.12. The van der Waals surface area contributed by atoms with Crippen LogP contribution in [0.2, 0.25) is 5.02 Å². The van der Waals surface area contributed by atoms with E-state index in [-0.39, 0.29) is 5.02 Å². The van der Waals surface area contributed by atoms with Crippen molar-refractivity contribution in [2.75, 3.05) is 0 Å². The van der Waals surface area contributed by atoms with E-state index >= 15 is 0 Å². The van der Waals surface area contributed by atoms with Crippen LogP contribution in [-0.4, -0.2) is 6.04 Å². The van der Waals surface area contributed by atoms with E-state index in [4.69, 9.17) is 16.3 Å². The predicted octanol–water partition coefficient (Wildman–Crippen LogP) is 4.93. The maximum atomic E-state index is 13.3. The van der Waals surface area contributed by atoms with Crippen molar-refractivity contribution >= 4 is 22.9 Å². The Labute approximate surface area is 133 Å². The van der Waals surface area contributed by atoms with E-state index in [9.17, 15) is 4.39 Å². The zero-order valence-electron chi connectivity index (χ0n) is 12.4. The average molecular weight is 328 g/mol. The smallest absolute Gasteiger partial charge is 0.145 e. The molecule has 2 nitrogen and oxygen atoms in total. The van der Waals surface area contributed by atoms with Crippen molar-refractivity contribution in [1.29, 1.82) is 0 Å². The molecule has 5 heteroatoms. The molecule has 1 N–H and O–H groups in total. The SMILES string of the molecule is Cc1sc(CNC(C)C)cc1COc1ccc(Cl)c(F)c1. The van der Waals surface area contributed by atoms with Gasteiger partial charge in [0.05, 0.1) is 5.02 Å². The fraction of sp³-hybridized carbons (Fsp3) is 0.375. The highest BCUT2D eigenvalue weighted by atomic mass is 35.5. The predicted molar refractivity (Wildman–Crippen MR) is 86.8 cm³/mol. The third kappa shape index (κ3) is 4.70. The number of thiophene rings is 1. The minimum absolute atomic E-state index is 0.108. The van der Waals surface area contributed by atoms with Crippen molar-refractivity contribution in [1.82, 2.24) is 5.32 Å². The molecule has 0 amide bonds. The van der Waals surface area contributed by atoms with Crippen LogP contribution in [0, 0.1) is 12.7 Å². The molecule has 0 saturated carbocycles. The van der Waals surface area contributed by atoms with E-state index in [0.717, 1.165) is 12.1 Å². The summed E-state index contributed by atoms with van der Waals surface area (Å²) in [5, 5.41) is 3.50. The van der Waals surface area contributed by atoms with Gasteiger partial charge in [-0.05, 0) is 25.1 Å². The number of hydrogen-bond acceptors (Lipinski definition) is 3. The highest BCUT2D eigenvalue weighted by Crippen LogP contribution is 2.25. The van der Waals surface area contributed by atoms with Gasteiger partial charge in [0.1, 0.15) is 18.2 Å². The first-order chi connectivity index (χ1) is 9.95. The van der Waals surface area contributed by atoms with E-state index in [2.05, 4.69) is 32.2 Å². The van der Waals surface area contributed by atoms with Gasteiger partial charge >= 0.3 is 0 Å². The molecule has 0 saturated heterocycles. The Balaban J connectivity index is 1.97. The number of benzene rings is 1. The molecule has 1 aromatic heterocycles. The van der Waals surface area contributed by atoms with Crippen LogP contribution in [0.5, 0.6) is 5.75 Å². The monoisotopic (exact) mass is 327 g/mol. The largest absolute Gasteiger partial charge is 0.489 e. The van der Waals surface area contributed by atoms with Gasteiger partial charge in [-0.3, -0.25) is 0 Å². The van der Waals surface area contributed by atoms with Crippen molar-refractivity contribution in [2.24, 2.45) is 0 Å². The topological polar surface area (TPSA) is 21.3 Å². The molecule has 0 fully saturated rings. The Bertz CT molecular complexity index is 612. The standard InChI is InChI=1S/C16H19ClFNOS/c1-10(2)19-8-14-6-12(11(3)21-14)9-20-13-4-5-15(17)16(18)7-13/h4-7,10,19H,8-9H2,1-3H3. The third-order valence-corrected chi connectivity index (χ3v) is 4.44. The molecule has 0 atom stereocenters. The quantitative estimate of drug-likeness (QED) is 0.812. The van der Waals surface area contributed by atoms with Crippen LogP contribution in [0.15, 0.2) is 24.3 Å². The van der Waals surface area contributed by atoms with Gasteiger partial charge in [0.25, 0.3) is 0 Å². The number of aryl methyl sites for hydroxylation is 1. The minimum Gasteiger partial charge on any atom is -0.489 e. The Morgan fingerprint density at radius 1 is 1.33 bits per heavy atom. The molecule has 2 rings (SSSR count). The molecule has 114 valence electrons. The number of ether oxygens (including phenoxy) is 1. The second kappa shape index (κ2) is 7.25. The normalized spacial score (nSPS) is 11.1. The minimum atomic E-state index is -0.460. The number of rotatable bonds is 6. The van der Waals surface area contributed by atoms with Gasteiger partial charge in [0.2, 0.25) is 0 Å². The first-order valence-electron chi connectivity index (χ1n) is 6.85. The summed E-state index contributed by atoms with van der Waals surface area (Å²) < 4.78 is 19.0. The number of halogens is 2. The van der Waals surface area contributed by atoms with Crippen molar-refractivity contribution in [2.45, 2.75) is 40.0 Å². The average Bonchev–Trinajstić information content (AvgIpc) is 2.78. The molecule has 0 bridgehead atoms. The second-order valence-electron chi connectivity index (χ2n) is 5.19. The van der Waals surface area contributed by atoms with Crippen LogP contribution in [0.4, 0.5) is 4.39 Å². The number of hydrogen-bond donors (Lipinski definition) is 1. The summed E-state index contributed by atoms with van der Waals surface area (Å²) in [6.45, 7) is 7.62. The zero-order chi connectivity index (χ0) is 15.4. The molecule has 1 heterocycles. The van der Waals surface area contributed by atoms with Crippen LogP contribution in [0.1, 0.15) is 29.2 Å². The van der Waals surface area contributed by atoms with Crippen LogP contribution >= 0.6 is 22.9 Å². The lowest BCUT2D eigenvalue weighted by Gasteiger charge is -2.06. The molecule has 21 heavy (non-hydrogen) atoms. The van der Waals surface area contributed by atoms with Crippen molar-refractivity contribution < 1.29 is 9.13 Å². The third-order valence-electron chi connectivity index (χ3n) is 3.04. The lowest BCUT2D eigenvalue weighted by molar-refractivity contribution is 0.304. The van der Waals surface area contributed by atoms with E-state index in [0.29, 0.717) is 18.4 Å². The molecule has 2 aromatic rings. The molecule has 0 aliphatic rings. The number of nitrogens with one attached hydrogen (secondary N) is 1. The van der Waals surface area contributed by atoms with Gasteiger partial charge < -0.3 is 10.1 Å². The zero-order valence-corrected chi connectivity index (χ0v) is 13.9. The van der Waals surface area contributed by atoms with Gasteiger partial charge in [-0.25, -0.2) is 4.39 Å². The van der Waals surface area contributed by atoms with Gasteiger partial charge in [-0.2, -0.15) is 0 Å². The summed E-state index contributed by atoms with van der Waals surface area (Å²) in [5.74, 6) is 0.0300. The molecule has 0 aliphatic carbocycles. The van der Waals surface area contributed by atoms with Crippen LogP contribution in [0.3, 0.4) is 0 Å². The maximum Gasteiger partial charge on any atom is 0.145 e. The Hall–Kier alpha value is -1.10. The molecule has 0 aliphatic heterocycles. The molecule has 1 aromatic carbocycles. The van der Waals surface area contributed by atoms with Crippen LogP contribution in [0.25, 0.3) is 0 Å². The first-order valence-corrected chi connectivity index (χ1v) is 8.04. The lowest BCUT2D eigenvalue weighted by atomic mass is 10.2. The van der Waals surface area contributed by atoms with Crippen molar-refractivity contribution in [3.63, 3.8) is 0 Å². The van der Waals surface area contributed by atoms with E-state index in [1.54, 1.807) is 17.4 Å². The van der Waals surface area contributed by atoms with Crippen molar-refractivity contribution in [3.05, 3.63) is 50.4 Å². The Morgan fingerprint density at radius 3 is 2.76 bits per heavy atom. The summed E-state index contributed by atoms with van der Waals surface area (Å²) in [4.78, 5) is 2.51. The molecular weight excluding hydrogens is 309 g/mol. The summed E-state index contributed by atoms with van der Waals surface area (Å²) >= 11 is 7.41. The fourth-order valence-corrected chi connectivity index (χ4v) is 2.97. The Morgan fingerprint density at radius 2 is 2.10 bits per heavy atom. The molecule has 0 unspecified atom stereocenters. The summed E-state index contributed by atoms with van der Waals surface area (Å²) in [6.07, 6.45) is 0. The molecule has 0 spiro atoms. The van der Waals surface area contributed by atoms with E-state index in [1.807, 2.05) is 0 Å². The Kier molecular flexibility index (Phi) is 5.62. The van der Waals surface area contributed by atoms with Crippen LogP contribution < -0.4 is 10.1 Å². The summed E-state index contributed by atoms with van der Waals surface area (Å²) in [5.41, 5.74) is 1.14. The molecular formula is C16H19ClFNOS. The van der Waals surface area contributed by atoms with Gasteiger partial charge in [0, 0.05) is 34.0 Å². The fourth-order valence-electron chi connectivity index (χ4n) is 1.85. The van der Waals surface area contributed by atoms with Gasteiger partial charge in [-0.15, -0.1) is 11.3 Å². The van der Waals surface area contributed by atoms with Gasteiger partial charge in [0.15, 0.2) is 0 Å². The summed E-state index contributed by atoms with van der Waals surface area (Å²) in [6, 6.07) is 7.09. The highest BCUT2D eigenvalue weighted by Gasteiger charge is 2.08. The second-order valence-corrected chi connectivity index (χ2v) is 6.94. The van der Waals surface area contributed by atoms with Crippen molar-refractivity contribution in [3.8, 4) is 5.75 Å². The lowest BCUT2D eigenvalue weighted by Crippen LogP contribution is -2.21. The summed E-state index contributed by atoms with van der Waals surface area (Å²) in [7, 11) is 0.